The van der Waals surface area contributed by atoms with Gasteiger partial charge in [0.25, 0.3) is 10.1 Å². The monoisotopic (exact) mass is 690 g/mol. The molecule has 0 aliphatic carbocycles. The Morgan fingerprint density at radius 3 is 1.73 bits per heavy atom. The van der Waals surface area contributed by atoms with E-state index in [4.69, 9.17) is 9.29 Å². The highest BCUT2D eigenvalue weighted by atomic mass is 32.2. The van der Waals surface area contributed by atoms with Gasteiger partial charge in [-0.3, -0.25) is 33.5 Å². The van der Waals surface area contributed by atoms with Gasteiger partial charge in [-0.25, -0.2) is 0 Å². The lowest BCUT2D eigenvalue weighted by atomic mass is 9.60. The SMILES string of the molecule is CCC(c1ccccc1)C(C(=O)O)C(C(=O)OCCN1CCN(CCS(=O)(=O)O)CC1)C(C(=O)O)C(C(=O)O)C(C)(C)c1ccccc1. The largest absolute Gasteiger partial charge is 0.481 e. The molecule has 0 saturated carbocycles. The summed E-state index contributed by atoms with van der Waals surface area (Å²) in [7, 11) is -4.09. The van der Waals surface area contributed by atoms with E-state index in [1.54, 1.807) is 81.4 Å². The number of hydrogen-bond acceptors (Lipinski definition) is 9. The Bertz CT molecular complexity index is 1490. The fraction of sp³-hybridized carbons (Fsp3) is 0.529. The second kappa shape index (κ2) is 17.0. The summed E-state index contributed by atoms with van der Waals surface area (Å²) in [5, 5.41) is 31.9. The summed E-state index contributed by atoms with van der Waals surface area (Å²) in [6, 6.07) is 17.0. The van der Waals surface area contributed by atoms with E-state index in [2.05, 4.69) is 0 Å². The summed E-state index contributed by atoms with van der Waals surface area (Å²) >= 11 is 0. The number of carbonyl (C=O) groups excluding carboxylic acids is 1. The van der Waals surface area contributed by atoms with Crippen LogP contribution in [0, 0.1) is 23.7 Å². The van der Waals surface area contributed by atoms with Crippen LogP contribution in [0.2, 0.25) is 0 Å². The summed E-state index contributed by atoms with van der Waals surface area (Å²) in [6.45, 7) is 7.05. The standard InChI is InChI=1S/C34H46N2O11S/c1-4-25(23-11-7-5-8-12-23)26(30(37)38)27(28(31(39)40)29(32(41)42)34(2,3)24-13-9-6-10-14-24)33(43)47-21-19-35-15-17-36(18-16-35)20-22-48(44,45)46/h5-14,25-29H,4,15-22H2,1-3H3,(H,37,38)(H,39,40)(H,41,42)(H,44,45,46). The van der Waals surface area contributed by atoms with Crippen molar-refractivity contribution in [3.63, 3.8) is 0 Å². The first-order valence-corrected chi connectivity index (χ1v) is 17.5. The van der Waals surface area contributed by atoms with Crippen LogP contribution in [-0.2, 0) is 39.4 Å². The van der Waals surface area contributed by atoms with Crippen LogP contribution in [0.15, 0.2) is 60.7 Å². The van der Waals surface area contributed by atoms with Crippen molar-refractivity contribution in [1.82, 2.24) is 9.80 Å². The number of benzene rings is 2. The molecule has 5 atom stereocenters. The first-order chi connectivity index (χ1) is 22.6. The third kappa shape index (κ3) is 10.1. The maximum atomic E-state index is 14.1. The van der Waals surface area contributed by atoms with E-state index < -0.39 is 69.0 Å². The van der Waals surface area contributed by atoms with Crippen LogP contribution < -0.4 is 0 Å². The van der Waals surface area contributed by atoms with Crippen LogP contribution in [0.4, 0.5) is 0 Å². The zero-order chi connectivity index (χ0) is 35.6. The molecular formula is C34H46N2O11S. The molecule has 2 aromatic rings. The van der Waals surface area contributed by atoms with Gasteiger partial charge >= 0.3 is 23.9 Å². The molecule has 0 radical (unpaired) electrons. The highest BCUT2D eigenvalue weighted by molar-refractivity contribution is 7.85. The smallest absolute Gasteiger partial charge is 0.310 e. The molecule has 3 rings (SSSR count). The number of hydrogen-bond donors (Lipinski definition) is 4. The molecule has 2 aromatic carbocycles. The van der Waals surface area contributed by atoms with Crippen molar-refractivity contribution >= 4 is 34.0 Å². The van der Waals surface area contributed by atoms with Crippen molar-refractivity contribution in [3.8, 4) is 0 Å². The third-order valence-corrected chi connectivity index (χ3v) is 10.1. The summed E-state index contributed by atoms with van der Waals surface area (Å²) in [6.07, 6.45) is 0.221. The number of piperazine rings is 1. The van der Waals surface area contributed by atoms with Crippen molar-refractivity contribution in [3.05, 3.63) is 71.8 Å². The van der Waals surface area contributed by atoms with E-state index >= 15 is 0 Å². The van der Waals surface area contributed by atoms with Crippen molar-refractivity contribution in [1.29, 1.82) is 0 Å². The van der Waals surface area contributed by atoms with Gasteiger partial charge in [0, 0.05) is 44.7 Å². The average Bonchev–Trinajstić information content (AvgIpc) is 3.03. The zero-order valence-corrected chi connectivity index (χ0v) is 28.3. The van der Waals surface area contributed by atoms with Gasteiger partial charge in [0.1, 0.15) is 6.61 Å². The Morgan fingerprint density at radius 2 is 1.27 bits per heavy atom. The highest BCUT2D eigenvalue weighted by Gasteiger charge is 2.56. The summed E-state index contributed by atoms with van der Waals surface area (Å²) in [5.74, 6) is -14.1. The van der Waals surface area contributed by atoms with E-state index in [9.17, 15) is 42.9 Å². The molecule has 1 aliphatic heterocycles. The molecule has 1 saturated heterocycles. The molecule has 264 valence electrons. The number of nitrogens with zero attached hydrogens (tertiary/aromatic N) is 2. The van der Waals surface area contributed by atoms with Gasteiger partial charge in [-0.15, -0.1) is 0 Å². The lowest BCUT2D eigenvalue weighted by Gasteiger charge is -2.40. The van der Waals surface area contributed by atoms with Crippen molar-refractivity contribution < 1.29 is 52.2 Å². The van der Waals surface area contributed by atoms with Gasteiger partial charge < -0.3 is 20.1 Å². The third-order valence-electron chi connectivity index (χ3n) is 9.42. The zero-order valence-electron chi connectivity index (χ0n) is 27.5. The highest BCUT2D eigenvalue weighted by Crippen LogP contribution is 2.45. The van der Waals surface area contributed by atoms with Crippen LogP contribution in [0.3, 0.4) is 0 Å². The lowest BCUT2D eigenvalue weighted by molar-refractivity contribution is -0.174. The maximum Gasteiger partial charge on any atom is 0.310 e. The quantitative estimate of drug-likeness (QED) is 0.132. The molecule has 48 heavy (non-hydrogen) atoms. The van der Waals surface area contributed by atoms with Crippen molar-refractivity contribution in [2.75, 3.05) is 51.6 Å². The number of ether oxygens (including phenoxy) is 1. The van der Waals surface area contributed by atoms with Crippen LogP contribution in [0.25, 0.3) is 0 Å². The normalized spacial score (nSPS) is 17.8. The number of carboxylic acid groups (broad SMARTS) is 3. The maximum absolute atomic E-state index is 14.1. The summed E-state index contributed by atoms with van der Waals surface area (Å²) in [4.78, 5) is 57.2. The molecule has 0 aromatic heterocycles. The molecule has 5 unspecified atom stereocenters. The van der Waals surface area contributed by atoms with Crippen LogP contribution >= 0.6 is 0 Å². The molecule has 4 N–H and O–H groups in total. The molecule has 13 nitrogen and oxygen atoms in total. The van der Waals surface area contributed by atoms with E-state index in [0.29, 0.717) is 37.3 Å². The second-order valence-electron chi connectivity index (χ2n) is 12.7. The van der Waals surface area contributed by atoms with Gasteiger partial charge in [-0.2, -0.15) is 8.42 Å². The van der Waals surface area contributed by atoms with Gasteiger partial charge in [0.2, 0.25) is 0 Å². The molecule has 0 spiro atoms. The molecule has 14 heteroatoms. The fourth-order valence-electron chi connectivity index (χ4n) is 6.80. The minimum atomic E-state index is -4.09. The first-order valence-electron chi connectivity index (χ1n) is 15.9. The van der Waals surface area contributed by atoms with Gasteiger partial charge in [0.05, 0.1) is 29.4 Å². The predicted molar refractivity (Wildman–Crippen MR) is 176 cm³/mol. The van der Waals surface area contributed by atoms with E-state index in [0.717, 1.165) is 0 Å². The predicted octanol–water partition coefficient (Wildman–Crippen LogP) is 2.93. The minimum absolute atomic E-state index is 0.167. The Balaban J connectivity index is 1.97. The summed E-state index contributed by atoms with van der Waals surface area (Å²) < 4.78 is 36.8. The number of carboxylic acids is 3. The molecule has 1 aliphatic rings. The van der Waals surface area contributed by atoms with Gasteiger partial charge in [-0.1, -0.05) is 81.4 Å². The first kappa shape index (κ1) is 38.6. The molecule has 1 heterocycles. The Labute approximate surface area is 281 Å². The van der Waals surface area contributed by atoms with Gasteiger partial charge in [0.15, 0.2) is 0 Å². The number of esters is 1. The second-order valence-corrected chi connectivity index (χ2v) is 14.3. The summed E-state index contributed by atoms with van der Waals surface area (Å²) in [5.41, 5.74) is -0.273. The topological polar surface area (TPSA) is 199 Å². The molecular weight excluding hydrogens is 644 g/mol. The molecule has 1 fully saturated rings. The van der Waals surface area contributed by atoms with Crippen LogP contribution in [0.1, 0.15) is 44.2 Å². The van der Waals surface area contributed by atoms with E-state index in [1.807, 2.05) is 9.80 Å². The van der Waals surface area contributed by atoms with Crippen molar-refractivity contribution in [2.45, 2.75) is 38.5 Å². The number of aliphatic carboxylic acids is 3. The molecule has 0 bridgehead atoms. The van der Waals surface area contributed by atoms with Crippen LogP contribution in [0.5, 0.6) is 0 Å². The Hall–Kier alpha value is -3.85. The number of rotatable bonds is 18. The fourth-order valence-corrected chi connectivity index (χ4v) is 7.29. The van der Waals surface area contributed by atoms with E-state index in [1.165, 1.54) is 0 Å². The lowest BCUT2D eigenvalue weighted by Crippen LogP contribution is -2.52. The van der Waals surface area contributed by atoms with E-state index in [-0.39, 0.29) is 31.9 Å². The molecule has 0 amide bonds. The Morgan fingerprint density at radius 1 is 0.771 bits per heavy atom. The van der Waals surface area contributed by atoms with Crippen molar-refractivity contribution in [2.24, 2.45) is 23.7 Å². The Kier molecular flexibility index (Phi) is 13.7. The number of carbonyl (C=O) groups is 4. The van der Waals surface area contributed by atoms with Crippen LogP contribution in [-0.4, -0.2) is 114 Å². The average molecular weight is 691 g/mol. The van der Waals surface area contributed by atoms with Gasteiger partial charge in [-0.05, 0) is 23.5 Å². The minimum Gasteiger partial charge on any atom is -0.481 e.